The second kappa shape index (κ2) is 11.0. The second-order valence-electron chi connectivity index (χ2n) is 11.0. The molecule has 0 aliphatic heterocycles. The van der Waals surface area contributed by atoms with Crippen LogP contribution in [0, 0.1) is 0 Å². The molecule has 0 saturated heterocycles. The molecule has 0 spiro atoms. The zero-order valence-corrected chi connectivity index (χ0v) is 22.7. The van der Waals surface area contributed by atoms with Gasteiger partial charge in [0.2, 0.25) is 5.91 Å². The van der Waals surface area contributed by atoms with E-state index in [0.29, 0.717) is 35.6 Å². The average Bonchev–Trinajstić information content (AvgIpc) is 3.68. The van der Waals surface area contributed by atoms with Crippen molar-refractivity contribution in [3.63, 3.8) is 0 Å². The summed E-state index contributed by atoms with van der Waals surface area (Å²) in [5, 5.41) is 20.7. The van der Waals surface area contributed by atoms with Crippen LogP contribution in [0.3, 0.4) is 0 Å². The van der Waals surface area contributed by atoms with E-state index in [1.54, 1.807) is 24.3 Å². The number of hydrogen-bond acceptors (Lipinski definition) is 4. The molecule has 2 aliphatic carbocycles. The first-order chi connectivity index (χ1) is 19.9. The van der Waals surface area contributed by atoms with Crippen molar-refractivity contribution in [2.45, 2.75) is 56.4 Å². The van der Waals surface area contributed by atoms with Gasteiger partial charge in [-0.15, -0.1) is 0 Å². The van der Waals surface area contributed by atoms with Crippen LogP contribution in [0.2, 0.25) is 0 Å². The van der Waals surface area contributed by atoms with Crippen molar-refractivity contribution in [1.29, 1.82) is 0 Å². The van der Waals surface area contributed by atoms with Gasteiger partial charge in [0, 0.05) is 28.6 Å². The number of para-hydroxylation sites is 1. The fourth-order valence-electron chi connectivity index (χ4n) is 5.70. The molecule has 2 aliphatic rings. The Morgan fingerprint density at radius 1 is 0.927 bits per heavy atom. The third-order valence-corrected chi connectivity index (χ3v) is 8.09. The molecule has 1 aromatic heterocycles. The molecule has 41 heavy (non-hydrogen) atoms. The van der Waals surface area contributed by atoms with Crippen LogP contribution in [0.4, 0.5) is 5.69 Å². The highest BCUT2D eigenvalue weighted by Crippen LogP contribution is 2.39. The highest BCUT2D eigenvalue weighted by molar-refractivity contribution is 6.06. The molecule has 3 aromatic carbocycles. The Kier molecular flexibility index (Phi) is 7.14. The first-order valence-corrected chi connectivity index (χ1v) is 14.1. The Morgan fingerprint density at radius 3 is 2.34 bits per heavy atom. The lowest BCUT2D eigenvalue weighted by Gasteiger charge is -2.23. The van der Waals surface area contributed by atoms with Gasteiger partial charge in [-0.05, 0) is 73.7 Å². The maximum absolute atomic E-state index is 13.4. The maximum Gasteiger partial charge on any atom is 0.328 e. The minimum atomic E-state index is -1.03. The lowest BCUT2D eigenvalue weighted by molar-refractivity contribution is -0.131. The number of hydrogen-bond donors (Lipinski definition) is 3. The van der Waals surface area contributed by atoms with Crippen LogP contribution in [-0.4, -0.2) is 38.2 Å². The molecule has 0 radical (unpaired) electrons. The molecule has 0 bridgehead atoms. The molecule has 8 heteroatoms. The summed E-state index contributed by atoms with van der Waals surface area (Å²) in [5.74, 6) is -1.17. The van der Waals surface area contributed by atoms with E-state index in [2.05, 4.69) is 22.8 Å². The van der Waals surface area contributed by atoms with Crippen LogP contribution in [0.15, 0.2) is 78.9 Å². The minimum absolute atomic E-state index is 0.270. The Bertz CT molecular complexity index is 1630. The number of carboxylic acid groups (broad SMARTS) is 1. The highest BCUT2D eigenvalue weighted by Gasteiger charge is 2.51. The molecule has 4 aromatic rings. The molecule has 0 atom stereocenters. The van der Waals surface area contributed by atoms with Crippen LogP contribution >= 0.6 is 0 Å². The van der Waals surface area contributed by atoms with E-state index in [1.165, 1.54) is 31.0 Å². The van der Waals surface area contributed by atoms with Crippen LogP contribution in [0.1, 0.15) is 72.5 Å². The highest BCUT2D eigenvalue weighted by atomic mass is 16.4. The normalized spacial score (nSPS) is 16.5. The number of carbonyl (C=O) groups is 3. The molecular formula is C33H32N4O4. The van der Waals surface area contributed by atoms with Crippen molar-refractivity contribution < 1.29 is 19.5 Å². The van der Waals surface area contributed by atoms with Crippen molar-refractivity contribution in [2.75, 3.05) is 5.32 Å². The number of benzene rings is 3. The zero-order chi connectivity index (χ0) is 28.4. The fourth-order valence-corrected chi connectivity index (χ4v) is 5.70. The zero-order valence-electron chi connectivity index (χ0n) is 22.7. The van der Waals surface area contributed by atoms with E-state index in [-0.39, 0.29) is 11.8 Å². The maximum atomic E-state index is 13.4. The second-order valence-corrected chi connectivity index (χ2v) is 11.0. The minimum Gasteiger partial charge on any atom is -0.478 e. The third kappa shape index (κ3) is 5.63. The number of aromatic nitrogens is 2. The average molecular weight is 549 g/mol. The monoisotopic (exact) mass is 548 g/mol. The van der Waals surface area contributed by atoms with Crippen molar-refractivity contribution in [3.8, 4) is 5.69 Å². The van der Waals surface area contributed by atoms with Crippen LogP contribution in [-0.2, 0) is 9.59 Å². The summed E-state index contributed by atoms with van der Waals surface area (Å²) in [6, 6.07) is 22.6. The van der Waals surface area contributed by atoms with Crippen molar-refractivity contribution in [2.24, 2.45) is 0 Å². The van der Waals surface area contributed by atoms with Gasteiger partial charge >= 0.3 is 5.97 Å². The van der Waals surface area contributed by atoms with Gasteiger partial charge in [0.15, 0.2) is 0 Å². The van der Waals surface area contributed by atoms with Gasteiger partial charge in [-0.1, -0.05) is 55.7 Å². The lowest BCUT2D eigenvalue weighted by Crippen LogP contribution is -2.46. The number of fused-ring (bicyclic) bond motifs is 1. The number of carbonyl (C=O) groups excluding carboxylic acids is 2. The molecule has 2 amide bonds. The van der Waals surface area contributed by atoms with E-state index in [9.17, 15) is 14.4 Å². The first-order valence-electron chi connectivity index (χ1n) is 14.1. The Labute approximate surface area is 238 Å². The molecule has 1 heterocycles. The summed E-state index contributed by atoms with van der Waals surface area (Å²) in [7, 11) is 0. The number of carboxylic acids is 1. The molecule has 8 nitrogen and oxygen atoms in total. The summed E-state index contributed by atoms with van der Waals surface area (Å²) < 4.78 is 2.04. The number of nitrogens with one attached hydrogen (secondary N) is 2. The topological polar surface area (TPSA) is 113 Å². The Hall–Kier alpha value is -4.72. The standard InChI is InChI=1S/C33H32N4O4/c38-29(39)18-13-22-11-15-25(16-12-22)34-32(41)33(19-20-33)35-31(40)24-14-17-27-28(21-24)36-37(26-9-5-2-6-10-26)30(27)23-7-3-1-4-8-23/h2,5-6,9-18,21,23H,1,3-4,7-8,19-20H2,(H,34,41)(H,35,40)(H,38,39). The van der Waals surface area contributed by atoms with E-state index >= 15 is 0 Å². The van der Waals surface area contributed by atoms with Crippen LogP contribution in [0.5, 0.6) is 0 Å². The number of aliphatic carboxylic acids is 1. The van der Waals surface area contributed by atoms with Gasteiger partial charge in [0.05, 0.1) is 16.9 Å². The van der Waals surface area contributed by atoms with Gasteiger partial charge < -0.3 is 15.7 Å². The predicted octanol–water partition coefficient (Wildman–Crippen LogP) is 6.07. The number of rotatable bonds is 8. The summed E-state index contributed by atoms with van der Waals surface area (Å²) in [5.41, 5.74) is 3.79. The molecule has 2 fully saturated rings. The predicted molar refractivity (Wildman–Crippen MR) is 158 cm³/mol. The van der Waals surface area contributed by atoms with Crippen LogP contribution < -0.4 is 10.6 Å². The summed E-state index contributed by atoms with van der Waals surface area (Å²) in [6.07, 6.45) is 9.61. The fraction of sp³-hybridized carbons (Fsp3) is 0.273. The van der Waals surface area contributed by atoms with Gasteiger partial charge in [0.1, 0.15) is 5.54 Å². The SMILES string of the molecule is O=C(O)C=Cc1ccc(NC(=O)C2(NC(=O)c3ccc4c(C5CCCCC5)n(-c5ccccc5)nc4c3)CC2)cc1. The third-order valence-electron chi connectivity index (χ3n) is 8.09. The van der Waals surface area contributed by atoms with E-state index in [4.69, 9.17) is 10.2 Å². The Balaban J connectivity index is 1.21. The number of amides is 2. The molecule has 208 valence electrons. The lowest BCUT2D eigenvalue weighted by atomic mass is 9.85. The quantitative estimate of drug-likeness (QED) is 0.231. The van der Waals surface area contributed by atoms with E-state index < -0.39 is 11.5 Å². The van der Waals surface area contributed by atoms with Gasteiger partial charge in [-0.2, -0.15) is 5.10 Å². The van der Waals surface area contributed by atoms with Gasteiger partial charge in [-0.3, -0.25) is 9.59 Å². The smallest absolute Gasteiger partial charge is 0.328 e. The van der Waals surface area contributed by atoms with Crippen molar-refractivity contribution in [3.05, 3.63) is 95.7 Å². The first kappa shape index (κ1) is 26.5. The summed E-state index contributed by atoms with van der Waals surface area (Å²) >= 11 is 0. The molecule has 2 saturated carbocycles. The summed E-state index contributed by atoms with van der Waals surface area (Å²) in [4.78, 5) is 37.2. The van der Waals surface area contributed by atoms with Crippen molar-refractivity contribution in [1.82, 2.24) is 15.1 Å². The van der Waals surface area contributed by atoms with E-state index in [1.807, 2.05) is 41.1 Å². The van der Waals surface area contributed by atoms with Gasteiger partial charge in [0.25, 0.3) is 5.91 Å². The number of anilines is 1. The van der Waals surface area contributed by atoms with E-state index in [0.717, 1.165) is 35.5 Å². The van der Waals surface area contributed by atoms with Crippen LogP contribution in [0.25, 0.3) is 22.7 Å². The summed E-state index contributed by atoms with van der Waals surface area (Å²) in [6.45, 7) is 0. The number of nitrogens with zero attached hydrogens (tertiary/aromatic N) is 2. The molecule has 6 rings (SSSR count). The molecule has 0 unspecified atom stereocenters. The molecule has 3 N–H and O–H groups in total. The Morgan fingerprint density at radius 2 is 1.66 bits per heavy atom. The van der Waals surface area contributed by atoms with Crippen molar-refractivity contribution >= 4 is 40.4 Å². The molecular weight excluding hydrogens is 516 g/mol. The van der Waals surface area contributed by atoms with Gasteiger partial charge in [-0.25, -0.2) is 9.48 Å². The largest absolute Gasteiger partial charge is 0.478 e.